The van der Waals surface area contributed by atoms with Crippen LogP contribution in [-0.2, 0) is 25.5 Å². The first kappa shape index (κ1) is 37.4. The molecule has 43 heavy (non-hydrogen) atoms. The maximum absolute atomic E-state index is 11.2. The van der Waals surface area contributed by atoms with E-state index in [1.807, 2.05) is 24.3 Å². The summed E-state index contributed by atoms with van der Waals surface area (Å²) in [6.07, 6.45) is 21.4. The average Bonchev–Trinajstić information content (AvgIpc) is 3.01. The number of esters is 1. The lowest BCUT2D eigenvalue weighted by molar-refractivity contribution is -0.144. The molecule has 2 aromatic carbocycles. The number of hydrogen-bond donors (Lipinski definition) is 2. The van der Waals surface area contributed by atoms with Crippen molar-refractivity contribution in [2.45, 2.75) is 103 Å². The van der Waals surface area contributed by atoms with Gasteiger partial charge in [0, 0.05) is 6.42 Å². The quantitative estimate of drug-likeness (QED) is 0.0502. The molecule has 1 unspecified atom stereocenters. The number of ether oxygens (including phenoxy) is 1. The largest absolute Gasteiger partial charge is 0.463 e. The number of carbonyl (C=O) groups is 1. The predicted molar refractivity (Wildman–Crippen MR) is 170 cm³/mol. The summed E-state index contributed by atoms with van der Waals surface area (Å²) in [5.74, 6) is -0.208. The van der Waals surface area contributed by atoms with Crippen LogP contribution in [0.2, 0.25) is 0 Å². The van der Waals surface area contributed by atoms with Gasteiger partial charge in [-0.15, -0.1) is 0 Å². The monoisotopic (exact) mass is 592 g/mol. The molecular formula is C35H48N2O6. The Morgan fingerprint density at radius 3 is 1.93 bits per heavy atom. The number of isocyanates is 2. The second-order valence-electron chi connectivity index (χ2n) is 10.4. The van der Waals surface area contributed by atoms with E-state index in [1.165, 1.54) is 37.8 Å². The highest BCUT2D eigenvalue weighted by atomic mass is 16.5. The molecule has 0 aliphatic rings. The van der Waals surface area contributed by atoms with Crippen molar-refractivity contribution in [3.8, 4) is 0 Å². The van der Waals surface area contributed by atoms with E-state index in [4.69, 9.17) is 9.84 Å². The van der Waals surface area contributed by atoms with E-state index >= 15 is 0 Å². The number of hydrogen-bond acceptors (Lipinski definition) is 8. The van der Waals surface area contributed by atoms with Crippen molar-refractivity contribution in [3.05, 3.63) is 71.8 Å². The van der Waals surface area contributed by atoms with Crippen LogP contribution in [0.25, 0.3) is 0 Å². The number of rotatable bonds is 21. The fourth-order valence-electron chi connectivity index (χ4n) is 4.31. The van der Waals surface area contributed by atoms with Gasteiger partial charge in [0.25, 0.3) is 0 Å². The van der Waals surface area contributed by atoms with Crippen LogP contribution in [0.4, 0.5) is 11.4 Å². The molecule has 8 nitrogen and oxygen atoms in total. The molecule has 0 fully saturated rings. The van der Waals surface area contributed by atoms with Gasteiger partial charge in [0.1, 0.15) is 6.61 Å². The Hall–Kier alpha value is -3.67. The van der Waals surface area contributed by atoms with Gasteiger partial charge < -0.3 is 14.9 Å². The molecule has 0 bridgehead atoms. The second-order valence-corrected chi connectivity index (χ2v) is 10.4. The van der Waals surface area contributed by atoms with Gasteiger partial charge in [-0.25, -0.2) is 9.59 Å². The maximum Gasteiger partial charge on any atom is 0.305 e. The zero-order valence-corrected chi connectivity index (χ0v) is 25.6. The molecule has 0 heterocycles. The molecule has 2 N–H and O–H groups in total. The molecule has 2 rings (SSSR count). The summed E-state index contributed by atoms with van der Waals surface area (Å²) in [6, 6.07) is 14.7. The fourth-order valence-corrected chi connectivity index (χ4v) is 4.31. The molecular weight excluding hydrogens is 544 g/mol. The second kappa shape index (κ2) is 26.0. The van der Waals surface area contributed by atoms with Gasteiger partial charge in [-0.1, -0.05) is 88.3 Å². The van der Waals surface area contributed by atoms with Crippen molar-refractivity contribution in [2.24, 2.45) is 9.98 Å². The highest BCUT2D eigenvalue weighted by molar-refractivity contribution is 5.69. The van der Waals surface area contributed by atoms with Crippen LogP contribution in [0, 0.1) is 0 Å². The molecule has 0 radical (unpaired) electrons. The summed E-state index contributed by atoms with van der Waals surface area (Å²) in [5, 5.41) is 18.4. The van der Waals surface area contributed by atoms with Gasteiger partial charge >= 0.3 is 5.97 Å². The smallest absolute Gasteiger partial charge is 0.305 e. The van der Waals surface area contributed by atoms with E-state index in [9.17, 15) is 19.5 Å². The first-order valence-corrected chi connectivity index (χ1v) is 15.5. The normalized spacial score (nSPS) is 11.1. The molecule has 0 spiro atoms. The van der Waals surface area contributed by atoms with Gasteiger partial charge in [-0.3, -0.25) is 4.79 Å². The van der Waals surface area contributed by atoms with Crippen LogP contribution in [0.1, 0.15) is 102 Å². The molecule has 0 aliphatic heterocycles. The summed E-state index contributed by atoms with van der Waals surface area (Å²) in [5.41, 5.74) is 3.40. The lowest BCUT2D eigenvalue weighted by Gasteiger charge is -2.07. The molecule has 0 aromatic heterocycles. The van der Waals surface area contributed by atoms with Crippen LogP contribution in [-0.4, -0.2) is 47.7 Å². The van der Waals surface area contributed by atoms with Crippen LogP contribution < -0.4 is 0 Å². The van der Waals surface area contributed by atoms with Gasteiger partial charge in [-0.05, 0) is 73.9 Å². The lowest BCUT2D eigenvalue weighted by Crippen LogP contribution is -2.07. The number of aliphatic hydroxyl groups is 2. The lowest BCUT2D eigenvalue weighted by atomic mass is 10.0. The minimum atomic E-state index is -0.208. The van der Waals surface area contributed by atoms with Crippen LogP contribution in [0.15, 0.2) is 70.7 Å². The van der Waals surface area contributed by atoms with Gasteiger partial charge in [0.15, 0.2) is 0 Å². The Morgan fingerprint density at radius 1 is 0.814 bits per heavy atom. The number of allylic oxidation sites excluding steroid dienone is 1. The molecule has 0 saturated carbocycles. The Labute approximate surface area is 256 Å². The van der Waals surface area contributed by atoms with E-state index in [0.29, 0.717) is 17.8 Å². The van der Waals surface area contributed by atoms with Crippen molar-refractivity contribution >= 4 is 29.5 Å². The third kappa shape index (κ3) is 20.8. The van der Waals surface area contributed by atoms with E-state index in [2.05, 4.69) is 29.1 Å². The number of nitrogens with zero attached hydrogens (tertiary/aromatic N) is 2. The molecule has 234 valence electrons. The highest BCUT2D eigenvalue weighted by Gasteiger charge is 2.02. The summed E-state index contributed by atoms with van der Waals surface area (Å²) in [7, 11) is 0. The Bertz CT molecular complexity index is 1060. The number of benzene rings is 2. The summed E-state index contributed by atoms with van der Waals surface area (Å²) in [6.45, 7) is 2.21. The molecule has 8 heteroatoms. The van der Waals surface area contributed by atoms with Crippen molar-refractivity contribution in [2.75, 3.05) is 13.2 Å². The Balaban J connectivity index is 0.000000439. The third-order valence-corrected chi connectivity index (χ3v) is 6.70. The zero-order valence-electron chi connectivity index (χ0n) is 25.6. The van der Waals surface area contributed by atoms with E-state index in [0.717, 1.165) is 68.9 Å². The van der Waals surface area contributed by atoms with Crippen molar-refractivity contribution in [1.29, 1.82) is 0 Å². The third-order valence-electron chi connectivity index (χ3n) is 6.70. The average molecular weight is 593 g/mol. The van der Waals surface area contributed by atoms with Crippen LogP contribution in [0.3, 0.4) is 0 Å². The summed E-state index contributed by atoms with van der Waals surface area (Å²) < 4.78 is 4.80. The Morgan fingerprint density at radius 2 is 1.37 bits per heavy atom. The minimum Gasteiger partial charge on any atom is -0.463 e. The standard InChI is InChI=1S/C20H38O4.C15H10N2O2/c1-2-3-4-11-14-19(22)15-12-9-7-5-6-8-10-13-16-20(23)24-18-17-21;18-10-16-14-5-1-12(2-6-14)9-13-3-7-15(8-4-13)17-11-19/h9,12,19,21-22H,2-8,10-11,13-18H2,1H3;1-8H,9H2/b12-9-;. The molecule has 0 amide bonds. The summed E-state index contributed by atoms with van der Waals surface area (Å²) >= 11 is 0. The molecule has 1 atom stereocenters. The number of aliphatic hydroxyl groups excluding tert-OH is 2. The SMILES string of the molecule is CCCCCCC(O)C/C=C\CCCCCCCC(=O)OCCO.O=C=Nc1ccc(Cc2ccc(N=C=O)cc2)cc1. The molecule has 0 saturated heterocycles. The van der Waals surface area contributed by atoms with Gasteiger partial charge in [0.05, 0.1) is 24.1 Å². The number of carbonyl (C=O) groups excluding carboxylic acids is 3. The maximum atomic E-state index is 11.2. The van der Waals surface area contributed by atoms with Gasteiger partial charge in [0.2, 0.25) is 12.2 Å². The number of aliphatic imine (C=N–C) groups is 2. The Kier molecular flexibility index (Phi) is 22.6. The topological polar surface area (TPSA) is 126 Å². The van der Waals surface area contributed by atoms with Crippen molar-refractivity contribution in [3.63, 3.8) is 0 Å². The van der Waals surface area contributed by atoms with Gasteiger partial charge in [-0.2, -0.15) is 9.98 Å². The zero-order chi connectivity index (χ0) is 31.4. The molecule has 2 aromatic rings. The fraction of sp³-hybridized carbons (Fsp3) is 0.514. The van der Waals surface area contributed by atoms with E-state index in [1.54, 1.807) is 24.3 Å². The van der Waals surface area contributed by atoms with E-state index < -0.39 is 0 Å². The van der Waals surface area contributed by atoms with E-state index in [-0.39, 0.29) is 25.3 Å². The van der Waals surface area contributed by atoms with Crippen molar-refractivity contribution < 1.29 is 29.3 Å². The first-order valence-electron chi connectivity index (χ1n) is 15.5. The first-order chi connectivity index (χ1) is 21.0. The minimum absolute atomic E-state index is 0.102. The van der Waals surface area contributed by atoms with Crippen LogP contribution in [0.5, 0.6) is 0 Å². The summed E-state index contributed by atoms with van der Waals surface area (Å²) in [4.78, 5) is 38.5. The molecule has 0 aliphatic carbocycles. The van der Waals surface area contributed by atoms with Crippen LogP contribution >= 0.6 is 0 Å². The highest BCUT2D eigenvalue weighted by Crippen LogP contribution is 2.18. The predicted octanol–water partition coefficient (Wildman–Crippen LogP) is 7.74. The number of unbranched alkanes of at least 4 members (excludes halogenated alkanes) is 8. The van der Waals surface area contributed by atoms with Crippen molar-refractivity contribution in [1.82, 2.24) is 0 Å².